The highest BCUT2D eigenvalue weighted by molar-refractivity contribution is 6.30. The summed E-state index contributed by atoms with van der Waals surface area (Å²) < 4.78 is 0. The maximum absolute atomic E-state index is 12.3. The van der Waals surface area contributed by atoms with Gasteiger partial charge in [0, 0.05) is 36.6 Å². The Morgan fingerprint density at radius 1 is 1.20 bits per heavy atom. The van der Waals surface area contributed by atoms with Crippen molar-refractivity contribution in [3.8, 4) is 0 Å². The van der Waals surface area contributed by atoms with Gasteiger partial charge in [0.05, 0.1) is 0 Å². The molecule has 1 saturated heterocycles. The second-order valence-corrected chi connectivity index (χ2v) is 6.93. The van der Waals surface area contributed by atoms with E-state index >= 15 is 0 Å². The second-order valence-electron chi connectivity index (χ2n) is 6.50. The summed E-state index contributed by atoms with van der Waals surface area (Å²) in [6.45, 7) is 6.38. The van der Waals surface area contributed by atoms with Crippen LogP contribution < -0.4 is 10.6 Å². The van der Waals surface area contributed by atoms with Crippen molar-refractivity contribution >= 4 is 23.4 Å². The van der Waals surface area contributed by atoms with Gasteiger partial charge in [-0.3, -0.25) is 9.59 Å². The average Bonchev–Trinajstić information content (AvgIpc) is 2.64. The third kappa shape index (κ3) is 6.67. The molecular formula is C19H28ClN3O2. The largest absolute Gasteiger partial charge is 0.352 e. The Morgan fingerprint density at radius 3 is 2.52 bits per heavy atom. The summed E-state index contributed by atoms with van der Waals surface area (Å²) in [6, 6.07) is 6.78. The quantitative estimate of drug-likeness (QED) is 0.696. The molecular weight excluding hydrogens is 338 g/mol. The number of likely N-dealkylation sites (tertiary alicyclic amines) is 1. The summed E-state index contributed by atoms with van der Waals surface area (Å²) in [4.78, 5) is 26.2. The molecule has 0 unspecified atom stereocenters. The molecule has 1 aromatic carbocycles. The van der Waals surface area contributed by atoms with Crippen LogP contribution in [0.15, 0.2) is 24.3 Å². The van der Waals surface area contributed by atoms with E-state index in [4.69, 9.17) is 11.6 Å². The normalized spacial score (nSPS) is 15.2. The molecule has 1 aromatic rings. The minimum atomic E-state index is -0.131. The van der Waals surface area contributed by atoms with Crippen LogP contribution in [0.2, 0.25) is 5.02 Å². The standard InChI is InChI=1S/C19H28ClN3O2/c1-2-21-14-15-9-12-23(13-10-15)18(24)4-3-11-22-19(25)16-5-7-17(20)8-6-16/h5-8,15,21H,2-4,9-14H2,1H3,(H,22,25). The number of nitrogens with zero attached hydrogens (tertiary/aromatic N) is 1. The summed E-state index contributed by atoms with van der Waals surface area (Å²) in [5.74, 6) is 0.749. The minimum absolute atomic E-state index is 0.131. The van der Waals surface area contributed by atoms with E-state index in [0.29, 0.717) is 35.9 Å². The zero-order valence-corrected chi connectivity index (χ0v) is 15.6. The van der Waals surface area contributed by atoms with Crippen LogP contribution in [0, 0.1) is 5.92 Å². The van der Waals surface area contributed by atoms with E-state index in [9.17, 15) is 9.59 Å². The van der Waals surface area contributed by atoms with E-state index < -0.39 is 0 Å². The molecule has 2 rings (SSSR count). The first-order valence-electron chi connectivity index (χ1n) is 9.12. The van der Waals surface area contributed by atoms with E-state index in [0.717, 1.165) is 39.0 Å². The first-order chi connectivity index (χ1) is 12.1. The summed E-state index contributed by atoms with van der Waals surface area (Å²) in [6.07, 6.45) is 3.30. The molecule has 138 valence electrons. The molecule has 1 aliphatic heterocycles. The lowest BCUT2D eigenvalue weighted by atomic mass is 9.96. The zero-order chi connectivity index (χ0) is 18.1. The highest BCUT2D eigenvalue weighted by Gasteiger charge is 2.22. The van der Waals surface area contributed by atoms with Gasteiger partial charge < -0.3 is 15.5 Å². The number of hydrogen-bond donors (Lipinski definition) is 2. The third-order valence-electron chi connectivity index (χ3n) is 4.61. The molecule has 1 aliphatic rings. The molecule has 0 atom stereocenters. The van der Waals surface area contributed by atoms with Crippen LogP contribution in [0.3, 0.4) is 0 Å². The van der Waals surface area contributed by atoms with Gasteiger partial charge in [-0.15, -0.1) is 0 Å². The lowest BCUT2D eigenvalue weighted by Crippen LogP contribution is -2.41. The van der Waals surface area contributed by atoms with Crippen molar-refractivity contribution in [2.45, 2.75) is 32.6 Å². The van der Waals surface area contributed by atoms with Crippen molar-refractivity contribution in [3.63, 3.8) is 0 Å². The van der Waals surface area contributed by atoms with Crippen molar-refractivity contribution in [2.75, 3.05) is 32.7 Å². The number of benzene rings is 1. The van der Waals surface area contributed by atoms with Gasteiger partial charge >= 0.3 is 0 Å². The van der Waals surface area contributed by atoms with Crippen molar-refractivity contribution in [1.82, 2.24) is 15.5 Å². The molecule has 0 spiro atoms. The van der Waals surface area contributed by atoms with Crippen LogP contribution in [-0.4, -0.2) is 49.4 Å². The Hall–Kier alpha value is -1.59. The number of rotatable bonds is 8. The maximum Gasteiger partial charge on any atom is 0.251 e. The molecule has 1 fully saturated rings. The fraction of sp³-hybridized carbons (Fsp3) is 0.579. The van der Waals surface area contributed by atoms with Gasteiger partial charge in [0.1, 0.15) is 0 Å². The van der Waals surface area contributed by atoms with E-state index in [-0.39, 0.29) is 11.8 Å². The summed E-state index contributed by atoms with van der Waals surface area (Å²) in [7, 11) is 0. The number of hydrogen-bond acceptors (Lipinski definition) is 3. The van der Waals surface area contributed by atoms with Gasteiger partial charge in [-0.2, -0.15) is 0 Å². The summed E-state index contributed by atoms with van der Waals surface area (Å²) >= 11 is 5.81. The minimum Gasteiger partial charge on any atom is -0.352 e. The second kappa shape index (κ2) is 10.4. The predicted molar refractivity (Wildman–Crippen MR) is 101 cm³/mol. The van der Waals surface area contributed by atoms with Gasteiger partial charge in [0.25, 0.3) is 5.91 Å². The molecule has 1 heterocycles. The van der Waals surface area contributed by atoms with Crippen LogP contribution >= 0.6 is 11.6 Å². The smallest absolute Gasteiger partial charge is 0.251 e. The van der Waals surface area contributed by atoms with Crippen LogP contribution in [0.4, 0.5) is 0 Å². The first kappa shape index (κ1) is 19.7. The fourth-order valence-electron chi connectivity index (χ4n) is 3.04. The first-order valence-corrected chi connectivity index (χ1v) is 9.50. The number of piperidine rings is 1. The fourth-order valence-corrected chi connectivity index (χ4v) is 3.16. The predicted octanol–water partition coefficient (Wildman–Crippen LogP) is 2.70. The molecule has 2 N–H and O–H groups in total. The van der Waals surface area contributed by atoms with Crippen LogP contribution in [-0.2, 0) is 4.79 Å². The highest BCUT2D eigenvalue weighted by Crippen LogP contribution is 2.17. The molecule has 6 heteroatoms. The Balaban J connectivity index is 1.61. The number of carbonyl (C=O) groups excluding carboxylic acids is 2. The molecule has 0 bridgehead atoms. The molecule has 5 nitrogen and oxygen atoms in total. The SMILES string of the molecule is CCNCC1CCN(C(=O)CCCNC(=O)c2ccc(Cl)cc2)CC1. The van der Waals surface area contributed by atoms with E-state index in [1.165, 1.54) is 0 Å². The highest BCUT2D eigenvalue weighted by atomic mass is 35.5. The summed E-state index contributed by atoms with van der Waals surface area (Å²) in [5, 5.41) is 6.83. The Labute approximate surface area is 155 Å². The lowest BCUT2D eigenvalue weighted by Gasteiger charge is -2.32. The number of halogens is 1. The number of amides is 2. The van der Waals surface area contributed by atoms with Gasteiger partial charge in [0.2, 0.25) is 5.91 Å². The Morgan fingerprint density at radius 2 is 1.88 bits per heavy atom. The van der Waals surface area contributed by atoms with Crippen molar-refractivity contribution in [3.05, 3.63) is 34.9 Å². The zero-order valence-electron chi connectivity index (χ0n) is 14.9. The topological polar surface area (TPSA) is 61.4 Å². The number of carbonyl (C=O) groups is 2. The van der Waals surface area contributed by atoms with Gasteiger partial charge in [0.15, 0.2) is 0 Å². The van der Waals surface area contributed by atoms with E-state index in [1.807, 2.05) is 4.90 Å². The van der Waals surface area contributed by atoms with Crippen LogP contribution in [0.25, 0.3) is 0 Å². The van der Waals surface area contributed by atoms with E-state index in [1.54, 1.807) is 24.3 Å². The molecule has 0 aliphatic carbocycles. The summed E-state index contributed by atoms with van der Waals surface area (Å²) in [5.41, 5.74) is 0.582. The van der Waals surface area contributed by atoms with E-state index in [2.05, 4.69) is 17.6 Å². The lowest BCUT2D eigenvalue weighted by molar-refractivity contribution is -0.132. The Bertz CT molecular complexity index is 554. The molecule has 0 aromatic heterocycles. The van der Waals surface area contributed by atoms with Crippen LogP contribution in [0.5, 0.6) is 0 Å². The van der Waals surface area contributed by atoms with Crippen molar-refractivity contribution in [1.29, 1.82) is 0 Å². The van der Waals surface area contributed by atoms with Gasteiger partial charge in [-0.25, -0.2) is 0 Å². The van der Waals surface area contributed by atoms with Gasteiger partial charge in [-0.1, -0.05) is 18.5 Å². The molecule has 0 saturated carbocycles. The van der Waals surface area contributed by atoms with Crippen LogP contribution in [0.1, 0.15) is 43.0 Å². The van der Waals surface area contributed by atoms with Crippen molar-refractivity contribution in [2.24, 2.45) is 5.92 Å². The van der Waals surface area contributed by atoms with Gasteiger partial charge in [-0.05, 0) is 62.5 Å². The molecule has 2 amide bonds. The maximum atomic E-state index is 12.3. The average molecular weight is 366 g/mol. The molecule has 0 radical (unpaired) electrons. The molecule has 25 heavy (non-hydrogen) atoms. The monoisotopic (exact) mass is 365 g/mol. The third-order valence-corrected chi connectivity index (χ3v) is 4.86. The number of nitrogens with one attached hydrogen (secondary N) is 2. The van der Waals surface area contributed by atoms with Crippen molar-refractivity contribution < 1.29 is 9.59 Å². The Kier molecular flexibility index (Phi) is 8.22.